The molecule has 0 saturated carbocycles. The summed E-state index contributed by atoms with van der Waals surface area (Å²) in [5, 5.41) is 38.7. The number of ether oxygens (including phenoxy) is 2. The SMILES string of the molecule is CC(C)CCCCc1ccc(O[C@@H]2O[C@H](CO)[C@H](O)[C@@H](O)[C@H]2O)cc1. The maximum atomic E-state index is 9.98. The molecule has 1 heterocycles. The lowest BCUT2D eigenvalue weighted by Gasteiger charge is -2.39. The molecule has 6 nitrogen and oxygen atoms in total. The van der Waals surface area contributed by atoms with Gasteiger partial charge in [-0.3, -0.25) is 0 Å². The van der Waals surface area contributed by atoms with E-state index in [0.29, 0.717) is 5.75 Å². The molecule has 4 N–H and O–H groups in total. The first-order valence-corrected chi connectivity index (χ1v) is 8.98. The van der Waals surface area contributed by atoms with E-state index in [0.717, 1.165) is 18.8 Å². The van der Waals surface area contributed by atoms with Crippen LogP contribution in [0.5, 0.6) is 5.75 Å². The van der Waals surface area contributed by atoms with E-state index in [1.54, 1.807) is 12.1 Å². The smallest absolute Gasteiger partial charge is 0.229 e. The van der Waals surface area contributed by atoms with Gasteiger partial charge in [-0.25, -0.2) is 0 Å². The van der Waals surface area contributed by atoms with Crippen molar-refractivity contribution >= 4 is 0 Å². The molecule has 1 aromatic carbocycles. The molecule has 5 atom stereocenters. The van der Waals surface area contributed by atoms with Gasteiger partial charge in [-0.05, 0) is 36.5 Å². The second-order valence-corrected chi connectivity index (χ2v) is 7.10. The Labute approximate surface area is 149 Å². The van der Waals surface area contributed by atoms with E-state index in [2.05, 4.69) is 13.8 Å². The Kier molecular flexibility index (Phi) is 7.65. The number of aryl methyl sites for hydroxylation is 1. The second-order valence-electron chi connectivity index (χ2n) is 7.10. The molecule has 0 radical (unpaired) electrons. The van der Waals surface area contributed by atoms with Crippen LogP contribution < -0.4 is 4.74 Å². The third kappa shape index (κ3) is 5.66. The molecule has 0 spiro atoms. The summed E-state index contributed by atoms with van der Waals surface area (Å²) in [5.74, 6) is 1.23. The second kappa shape index (κ2) is 9.50. The lowest BCUT2D eigenvalue weighted by Crippen LogP contribution is -2.60. The Bertz CT molecular complexity index is 501. The summed E-state index contributed by atoms with van der Waals surface area (Å²) in [6.07, 6.45) is -1.73. The quantitative estimate of drug-likeness (QED) is 0.524. The Morgan fingerprint density at radius 2 is 1.68 bits per heavy atom. The third-order valence-electron chi connectivity index (χ3n) is 4.52. The summed E-state index contributed by atoms with van der Waals surface area (Å²) < 4.78 is 10.9. The maximum absolute atomic E-state index is 9.98. The largest absolute Gasteiger partial charge is 0.462 e. The first-order chi connectivity index (χ1) is 11.9. The van der Waals surface area contributed by atoms with Crippen molar-refractivity contribution in [3.05, 3.63) is 29.8 Å². The lowest BCUT2D eigenvalue weighted by atomic mass is 9.99. The minimum absolute atomic E-state index is 0.472. The normalized spacial score (nSPS) is 29.8. The standard InChI is InChI=1S/C19H30O6/c1-12(2)5-3-4-6-13-7-9-14(10-8-13)24-19-18(23)17(22)16(21)15(11-20)25-19/h7-10,12,15-23H,3-6,11H2,1-2H3/t15-,16+,17-,18-,19-/m1/s1. The van der Waals surface area contributed by atoms with Crippen LogP contribution in [0.2, 0.25) is 0 Å². The molecule has 0 aromatic heterocycles. The molecule has 0 aliphatic carbocycles. The van der Waals surface area contributed by atoms with Crippen molar-refractivity contribution in [2.75, 3.05) is 6.61 Å². The molecule has 0 unspecified atom stereocenters. The fraction of sp³-hybridized carbons (Fsp3) is 0.684. The number of aliphatic hydroxyl groups excluding tert-OH is 4. The minimum atomic E-state index is -1.43. The van der Waals surface area contributed by atoms with Gasteiger partial charge in [-0.15, -0.1) is 0 Å². The first-order valence-electron chi connectivity index (χ1n) is 8.98. The Morgan fingerprint density at radius 1 is 1.00 bits per heavy atom. The number of benzene rings is 1. The van der Waals surface area contributed by atoms with Gasteiger partial charge < -0.3 is 29.9 Å². The molecule has 1 fully saturated rings. The summed E-state index contributed by atoms with van der Waals surface area (Å²) in [6.45, 7) is 3.98. The van der Waals surface area contributed by atoms with Crippen molar-refractivity contribution in [3.8, 4) is 5.75 Å². The highest BCUT2D eigenvalue weighted by molar-refractivity contribution is 5.27. The van der Waals surface area contributed by atoms with Gasteiger partial charge in [-0.2, -0.15) is 0 Å². The predicted octanol–water partition coefficient (Wildman–Crippen LogP) is 1.23. The zero-order valence-electron chi connectivity index (χ0n) is 14.9. The fourth-order valence-electron chi connectivity index (χ4n) is 2.92. The molecule has 142 valence electrons. The zero-order chi connectivity index (χ0) is 18.4. The van der Waals surface area contributed by atoms with E-state index in [1.807, 2.05) is 12.1 Å². The monoisotopic (exact) mass is 354 g/mol. The van der Waals surface area contributed by atoms with E-state index in [4.69, 9.17) is 9.47 Å². The van der Waals surface area contributed by atoms with Gasteiger partial charge >= 0.3 is 0 Å². The minimum Gasteiger partial charge on any atom is -0.462 e. The van der Waals surface area contributed by atoms with Crippen molar-refractivity contribution in [1.29, 1.82) is 0 Å². The van der Waals surface area contributed by atoms with Crippen LogP contribution >= 0.6 is 0 Å². The predicted molar refractivity (Wildman–Crippen MR) is 93.2 cm³/mol. The highest BCUT2D eigenvalue weighted by Gasteiger charge is 2.44. The van der Waals surface area contributed by atoms with Crippen LogP contribution in [0.25, 0.3) is 0 Å². The maximum Gasteiger partial charge on any atom is 0.229 e. The van der Waals surface area contributed by atoms with Gasteiger partial charge in [0.05, 0.1) is 6.61 Å². The van der Waals surface area contributed by atoms with Gasteiger partial charge in [0.1, 0.15) is 30.2 Å². The summed E-state index contributed by atoms with van der Waals surface area (Å²) in [5.41, 5.74) is 1.21. The van der Waals surface area contributed by atoms with Crippen LogP contribution in [0.15, 0.2) is 24.3 Å². The van der Waals surface area contributed by atoms with E-state index in [9.17, 15) is 20.4 Å². The Morgan fingerprint density at radius 3 is 2.28 bits per heavy atom. The summed E-state index contributed by atoms with van der Waals surface area (Å²) in [4.78, 5) is 0. The van der Waals surface area contributed by atoms with Crippen molar-refractivity contribution < 1.29 is 29.9 Å². The lowest BCUT2D eigenvalue weighted by molar-refractivity contribution is -0.277. The van der Waals surface area contributed by atoms with Crippen LogP contribution in [0.1, 0.15) is 38.7 Å². The molecule has 0 bridgehead atoms. The molecule has 0 amide bonds. The van der Waals surface area contributed by atoms with Crippen LogP contribution in [0.4, 0.5) is 0 Å². The first kappa shape index (κ1) is 20.1. The molecular formula is C19H30O6. The Balaban J connectivity index is 1.87. The molecule has 1 aromatic rings. The van der Waals surface area contributed by atoms with E-state index in [-0.39, 0.29) is 0 Å². The molecule has 2 rings (SSSR count). The van der Waals surface area contributed by atoms with E-state index in [1.165, 1.54) is 18.4 Å². The third-order valence-corrected chi connectivity index (χ3v) is 4.52. The van der Waals surface area contributed by atoms with Gasteiger partial charge in [0.25, 0.3) is 0 Å². The summed E-state index contributed by atoms with van der Waals surface area (Å²) >= 11 is 0. The average molecular weight is 354 g/mol. The molecule has 6 heteroatoms. The number of unbranched alkanes of at least 4 members (excludes halogenated alkanes) is 1. The molecular weight excluding hydrogens is 324 g/mol. The van der Waals surface area contributed by atoms with Gasteiger partial charge in [0, 0.05) is 0 Å². The summed E-state index contributed by atoms with van der Waals surface area (Å²) in [7, 11) is 0. The van der Waals surface area contributed by atoms with Crippen molar-refractivity contribution in [2.45, 2.75) is 70.2 Å². The van der Waals surface area contributed by atoms with Gasteiger partial charge in [0.15, 0.2) is 0 Å². The number of rotatable bonds is 8. The average Bonchev–Trinajstić information content (AvgIpc) is 2.60. The molecule has 25 heavy (non-hydrogen) atoms. The molecule has 1 aliphatic rings. The van der Waals surface area contributed by atoms with E-state index >= 15 is 0 Å². The zero-order valence-corrected chi connectivity index (χ0v) is 14.9. The fourth-order valence-corrected chi connectivity index (χ4v) is 2.92. The highest BCUT2D eigenvalue weighted by atomic mass is 16.7. The van der Waals surface area contributed by atoms with Crippen molar-refractivity contribution in [2.24, 2.45) is 5.92 Å². The Hall–Kier alpha value is -1.18. The van der Waals surface area contributed by atoms with Crippen molar-refractivity contribution in [3.63, 3.8) is 0 Å². The van der Waals surface area contributed by atoms with Crippen molar-refractivity contribution in [1.82, 2.24) is 0 Å². The number of aliphatic hydroxyl groups is 4. The summed E-state index contributed by atoms with van der Waals surface area (Å²) in [6, 6.07) is 7.52. The van der Waals surface area contributed by atoms with Gasteiger partial charge in [0.2, 0.25) is 6.29 Å². The van der Waals surface area contributed by atoms with Crippen LogP contribution in [-0.2, 0) is 11.2 Å². The van der Waals surface area contributed by atoms with E-state index < -0.39 is 37.3 Å². The number of hydrogen-bond acceptors (Lipinski definition) is 6. The molecule has 1 saturated heterocycles. The van der Waals surface area contributed by atoms with Crippen LogP contribution in [0, 0.1) is 5.92 Å². The van der Waals surface area contributed by atoms with Crippen LogP contribution in [0.3, 0.4) is 0 Å². The highest BCUT2D eigenvalue weighted by Crippen LogP contribution is 2.24. The van der Waals surface area contributed by atoms with Crippen LogP contribution in [-0.4, -0.2) is 57.7 Å². The topological polar surface area (TPSA) is 99.4 Å². The molecule has 1 aliphatic heterocycles. The van der Waals surface area contributed by atoms with Gasteiger partial charge in [-0.1, -0.05) is 38.8 Å². The number of hydrogen-bond donors (Lipinski definition) is 4.